The molecule has 170 valence electrons. The fourth-order valence-electron chi connectivity index (χ4n) is 4.72. The minimum absolute atomic E-state index is 0.0114. The van der Waals surface area contributed by atoms with Crippen molar-refractivity contribution in [3.63, 3.8) is 0 Å². The van der Waals surface area contributed by atoms with Crippen LogP contribution in [0.3, 0.4) is 0 Å². The van der Waals surface area contributed by atoms with Crippen LogP contribution in [0.1, 0.15) is 28.7 Å². The molecule has 1 heterocycles. The predicted octanol–water partition coefficient (Wildman–Crippen LogP) is 5.50. The van der Waals surface area contributed by atoms with Gasteiger partial charge in [0.2, 0.25) is 12.7 Å². The summed E-state index contributed by atoms with van der Waals surface area (Å²) >= 11 is 0. The molecule has 0 saturated carbocycles. The molecule has 4 heteroatoms. The molecule has 0 saturated heterocycles. The zero-order chi connectivity index (χ0) is 23.2. The quantitative estimate of drug-likeness (QED) is 0.362. The molecule has 4 nitrogen and oxygen atoms in total. The maximum Gasteiger partial charge on any atom is 0.231 e. The molecule has 34 heavy (non-hydrogen) atoms. The number of fused-ring (bicyclic) bond motifs is 1. The highest BCUT2D eigenvalue weighted by molar-refractivity contribution is 5.80. The van der Waals surface area contributed by atoms with Crippen LogP contribution in [-0.4, -0.2) is 19.2 Å². The monoisotopic (exact) mass is 449 g/mol. The Hall–Kier alpha value is -4.05. The Kier molecular flexibility index (Phi) is 6.30. The number of benzene rings is 4. The van der Waals surface area contributed by atoms with Crippen LogP contribution in [0.4, 0.5) is 0 Å². The summed E-state index contributed by atoms with van der Waals surface area (Å²) in [6.45, 7) is 0.809. The lowest BCUT2D eigenvalue weighted by Gasteiger charge is -2.35. The molecule has 5 rings (SSSR count). The van der Waals surface area contributed by atoms with Crippen molar-refractivity contribution in [2.75, 3.05) is 13.3 Å². The standard InChI is InChI=1S/C30H27NO3/c32-29(31-19-18-23-16-17-27-28(20-23)34-22-33-27)21-30(24-10-4-1-5-11-24,25-12-6-2-7-13-25)26-14-8-3-9-15-26/h1-17,20H,18-19,21-22H2,(H,31,32). The second-order valence-corrected chi connectivity index (χ2v) is 8.47. The Morgan fingerprint density at radius 3 is 1.79 bits per heavy atom. The number of amides is 1. The first-order valence-corrected chi connectivity index (χ1v) is 11.6. The molecule has 1 amide bonds. The lowest BCUT2D eigenvalue weighted by molar-refractivity contribution is -0.121. The average Bonchev–Trinajstić information content (AvgIpc) is 3.37. The van der Waals surface area contributed by atoms with Gasteiger partial charge in [0.05, 0.1) is 5.41 Å². The Balaban J connectivity index is 1.41. The summed E-state index contributed by atoms with van der Waals surface area (Å²) < 4.78 is 10.9. The minimum atomic E-state index is -0.591. The van der Waals surface area contributed by atoms with E-state index in [1.54, 1.807) is 0 Å². The molecule has 1 N–H and O–H groups in total. The summed E-state index contributed by atoms with van der Waals surface area (Å²) in [6, 6.07) is 36.8. The van der Waals surface area contributed by atoms with E-state index in [4.69, 9.17) is 9.47 Å². The fourth-order valence-corrected chi connectivity index (χ4v) is 4.72. The van der Waals surface area contributed by atoms with E-state index in [1.165, 1.54) is 0 Å². The van der Waals surface area contributed by atoms with Gasteiger partial charge >= 0.3 is 0 Å². The molecule has 0 bridgehead atoms. The summed E-state index contributed by atoms with van der Waals surface area (Å²) in [5, 5.41) is 3.15. The second-order valence-electron chi connectivity index (χ2n) is 8.47. The van der Waals surface area contributed by atoms with Crippen molar-refractivity contribution >= 4 is 5.91 Å². The van der Waals surface area contributed by atoms with Crippen LogP contribution in [0, 0.1) is 0 Å². The molecule has 0 aromatic heterocycles. The lowest BCUT2D eigenvalue weighted by atomic mass is 9.67. The van der Waals surface area contributed by atoms with Gasteiger partial charge in [-0.15, -0.1) is 0 Å². The van der Waals surface area contributed by atoms with E-state index < -0.39 is 5.41 Å². The van der Waals surface area contributed by atoms with Crippen molar-refractivity contribution in [1.29, 1.82) is 0 Å². The van der Waals surface area contributed by atoms with Gasteiger partial charge < -0.3 is 14.8 Å². The van der Waals surface area contributed by atoms with E-state index in [0.29, 0.717) is 13.0 Å². The van der Waals surface area contributed by atoms with E-state index in [9.17, 15) is 4.79 Å². The number of carbonyl (C=O) groups is 1. The highest BCUT2D eigenvalue weighted by Crippen LogP contribution is 2.42. The summed E-state index contributed by atoms with van der Waals surface area (Å²) in [5.41, 5.74) is 3.80. The number of rotatable bonds is 8. The van der Waals surface area contributed by atoms with Gasteiger partial charge in [0.15, 0.2) is 11.5 Å². The molecular weight excluding hydrogens is 422 g/mol. The van der Waals surface area contributed by atoms with Crippen LogP contribution in [0.15, 0.2) is 109 Å². The zero-order valence-corrected chi connectivity index (χ0v) is 18.9. The summed E-state index contributed by atoms with van der Waals surface area (Å²) in [7, 11) is 0. The van der Waals surface area contributed by atoms with Gasteiger partial charge in [0.25, 0.3) is 0 Å². The Morgan fingerprint density at radius 1 is 0.706 bits per heavy atom. The Bertz CT molecular complexity index is 1140. The third-order valence-corrected chi connectivity index (χ3v) is 6.40. The smallest absolute Gasteiger partial charge is 0.231 e. The second kappa shape index (κ2) is 9.84. The van der Waals surface area contributed by atoms with Crippen molar-refractivity contribution in [3.05, 3.63) is 131 Å². The maximum absolute atomic E-state index is 13.4. The molecule has 0 atom stereocenters. The highest BCUT2D eigenvalue weighted by atomic mass is 16.7. The number of nitrogens with one attached hydrogen (secondary N) is 1. The Labute approximate surface area is 200 Å². The van der Waals surface area contributed by atoms with Gasteiger partial charge in [-0.25, -0.2) is 0 Å². The van der Waals surface area contributed by atoms with Gasteiger partial charge in [-0.3, -0.25) is 4.79 Å². The topological polar surface area (TPSA) is 47.6 Å². The third kappa shape index (κ3) is 4.40. The molecule has 1 aliphatic heterocycles. The summed E-state index contributed by atoms with van der Waals surface area (Å²) in [5.74, 6) is 1.54. The average molecular weight is 450 g/mol. The van der Waals surface area contributed by atoms with Gasteiger partial charge in [-0.1, -0.05) is 97.1 Å². The minimum Gasteiger partial charge on any atom is -0.454 e. The van der Waals surface area contributed by atoms with E-state index in [2.05, 4.69) is 41.7 Å². The number of hydrogen-bond acceptors (Lipinski definition) is 3. The van der Waals surface area contributed by atoms with Crippen LogP contribution < -0.4 is 14.8 Å². The molecular formula is C30H27NO3. The van der Waals surface area contributed by atoms with E-state index in [-0.39, 0.29) is 12.7 Å². The van der Waals surface area contributed by atoms with E-state index in [0.717, 1.165) is 40.2 Å². The third-order valence-electron chi connectivity index (χ3n) is 6.40. The van der Waals surface area contributed by atoms with Gasteiger partial charge in [0, 0.05) is 13.0 Å². The molecule has 4 aromatic rings. The van der Waals surface area contributed by atoms with Crippen LogP contribution >= 0.6 is 0 Å². The molecule has 0 spiro atoms. The lowest BCUT2D eigenvalue weighted by Crippen LogP contribution is -2.37. The number of hydrogen-bond donors (Lipinski definition) is 1. The van der Waals surface area contributed by atoms with Crippen molar-refractivity contribution in [2.24, 2.45) is 0 Å². The molecule has 0 radical (unpaired) electrons. The van der Waals surface area contributed by atoms with Crippen molar-refractivity contribution < 1.29 is 14.3 Å². The van der Waals surface area contributed by atoms with Crippen LogP contribution in [0.25, 0.3) is 0 Å². The maximum atomic E-state index is 13.4. The molecule has 0 aliphatic carbocycles. The number of ether oxygens (including phenoxy) is 2. The normalized spacial score (nSPS) is 12.4. The van der Waals surface area contributed by atoms with Crippen molar-refractivity contribution in [2.45, 2.75) is 18.3 Å². The molecule has 1 aliphatic rings. The van der Waals surface area contributed by atoms with Gasteiger partial charge in [0.1, 0.15) is 0 Å². The van der Waals surface area contributed by atoms with E-state index >= 15 is 0 Å². The van der Waals surface area contributed by atoms with Crippen molar-refractivity contribution in [3.8, 4) is 11.5 Å². The molecule has 4 aromatic carbocycles. The van der Waals surface area contributed by atoms with Crippen LogP contribution in [0.5, 0.6) is 11.5 Å². The molecule has 0 fully saturated rings. The Morgan fingerprint density at radius 2 is 1.24 bits per heavy atom. The summed E-state index contributed by atoms with van der Waals surface area (Å²) in [6.07, 6.45) is 1.03. The predicted molar refractivity (Wildman–Crippen MR) is 133 cm³/mol. The summed E-state index contributed by atoms with van der Waals surface area (Å²) in [4.78, 5) is 13.4. The SMILES string of the molecule is O=C(CC(c1ccccc1)(c1ccccc1)c1ccccc1)NCCc1ccc2c(c1)OCO2. The molecule has 0 unspecified atom stereocenters. The number of carbonyl (C=O) groups excluding carboxylic acids is 1. The van der Waals surface area contributed by atoms with Crippen LogP contribution in [-0.2, 0) is 16.6 Å². The van der Waals surface area contributed by atoms with Gasteiger partial charge in [-0.05, 0) is 40.8 Å². The van der Waals surface area contributed by atoms with Gasteiger partial charge in [-0.2, -0.15) is 0 Å². The first-order chi connectivity index (χ1) is 16.8. The largest absolute Gasteiger partial charge is 0.454 e. The van der Waals surface area contributed by atoms with Crippen molar-refractivity contribution in [1.82, 2.24) is 5.32 Å². The first kappa shape index (κ1) is 21.8. The highest BCUT2D eigenvalue weighted by Gasteiger charge is 2.38. The van der Waals surface area contributed by atoms with Crippen LogP contribution in [0.2, 0.25) is 0 Å². The first-order valence-electron chi connectivity index (χ1n) is 11.6. The fraction of sp³-hybridized carbons (Fsp3) is 0.167. The zero-order valence-electron chi connectivity index (χ0n) is 18.9. The van der Waals surface area contributed by atoms with E-state index in [1.807, 2.05) is 72.8 Å².